The molecule has 0 heterocycles. The highest BCUT2D eigenvalue weighted by Gasteiger charge is 2.17. The molecule has 0 saturated carbocycles. The van der Waals surface area contributed by atoms with Gasteiger partial charge in [-0.15, -0.1) is 11.8 Å². The smallest absolute Gasteiger partial charge is 0.240 e. The van der Waals surface area contributed by atoms with Crippen molar-refractivity contribution < 1.29 is 8.42 Å². The molecule has 0 atom stereocenters. The fourth-order valence-corrected chi connectivity index (χ4v) is 2.97. The van der Waals surface area contributed by atoms with Gasteiger partial charge in [-0.3, -0.25) is 0 Å². The Morgan fingerprint density at radius 1 is 1.33 bits per heavy atom. The molecule has 0 fully saturated rings. The molecule has 4 nitrogen and oxygen atoms in total. The highest BCUT2D eigenvalue weighted by molar-refractivity contribution is 7.89. The van der Waals surface area contributed by atoms with Crippen molar-refractivity contribution in [1.82, 2.24) is 4.72 Å². The van der Waals surface area contributed by atoms with E-state index in [9.17, 15) is 8.42 Å². The van der Waals surface area contributed by atoms with E-state index in [1.165, 1.54) is 6.07 Å². The van der Waals surface area contributed by atoms with Crippen molar-refractivity contribution in [2.75, 3.05) is 12.3 Å². The maximum absolute atomic E-state index is 12.1. The Bertz CT molecular complexity index is 595. The zero-order chi connectivity index (χ0) is 13.8. The first-order chi connectivity index (χ1) is 8.38. The second-order valence-electron chi connectivity index (χ2n) is 4.04. The van der Waals surface area contributed by atoms with Gasteiger partial charge in [0, 0.05) is 18.7 Å². The third kappa shape index (κ3) is 3.49. The number of nitrogen functional groups attached to an aromatic ring is 1. The topological polar surface area (TPSA) is 72.2 Å². The molecule has 0 amide bonds. The second kappa shape index (κ2) is 5.89. The van der Waals surface area contributed by atoms with Crippen LogP contribution < -0.4 is 10.5 Å². The summed E-state index contributed by atoms with van der Waals surface area (Å²) in [5, 5.41) is 0. The minimum absolute atomic E-state index is 0.240. The molecule has 1 aromatic carbocycles. The molecular formula is C13H18N2O2S. The highest BCUT2D eigenvalue weighted by atomic mass is 32.2. The molecule has 1 aromatic rings. The van der Waals surface area contributed by atoms with Crippen LogP contribution >= 0.6 is 0 Å². The van der Waals surface area contributed by atoms with Crippen LogP contribution in [0.25, 0.3) is 0 Å². The lowest BCUT2D eigenvalue weighted by Crippen LogP contribution is -2.25. The van der Waals surface area contributed by atoms with Crippen LogP contribution in [0.4, 0.5) is 5.69 Å². The van der Waals surface area contributed by atoms with Gasteiger partial charge in [-0.25, -0.2) is 13.1 Å². The first-order valence-electron chi connectivity index (χ1n) is 5.64. The maximum atomic E-state index is 12.1. The molecule has 0 aromatic heterocycles. The summed E-state index contributed by atoms with van der Waals surface area (Å²) < 4.78 is 26.7. The van der Waals surface area contributed by atoms with E-state index in [4.69, 9.17) is 5.73 Å². The Morgan fingerprint density at radius 2 is 2.00 bits per heavy atom. The number of rotatable bonds is 4. The molecular weight excluding hydrogens is 248 g/mol. The van der Waals surface area contributed by atoms with Gasteiger partial charge in [-0.05, 0) is 44.0 Å². The van der Waals surface area contributed by atoms with E-state index in [2.05, 4.69) is 16.6 Å². The van der Waals surface area contributed by atoms with Gasteiger partial charge >= 0.3 is 0 Å². The number of hydrogen-bond donors (Lipinski definition) is 2. The number of aryl methyl sites for hydroxylation is 1. The fourth-order valence-electron chi connectivity index (χ4n) is 1.58. The lowest BCUT2D eigenvalue weighted by atomic mass is 10.1. The Labute approximate surface area is 109 Å². The molecule has 0 aliphatic rings. The summed E-state index contributed by atoms with van der Waals surface area (Å²) in [5.74, 6) is 5.53. The molecule has 98 valence electrons. The number of hydrogen-bond acceptors (Lipinski definition) is 3. The summed E-state index contributed by atoms with van der Waals surface area (Å²) in [6, 6.07) is 3.24. The van der Waals surface area contributed by atoms with Crippen molar-refractivity contribution in [1.29, 1.82) is 0 Å². The van der Waals surface area contributed by atoms with Crippen LogP contribution in [0.1, 0.15) is 24.5 Å². The van der Waals surface area contributed by atoms with E-state index >= 15 is 0 Å². The van der Waals surface area contributed by atoms with Crippen LogP contribution in [0.3, 0.4) is 0 Å². The molecule has 0 bridgehead atoms. The largest absolute Gasteiger partial charge is 0.399 e. The van der Waals surface area contributed by atoms with Crippen LogP contribution in [0, 0.1) is 25.7 Å². The first kappa shape index (κ1) is 14.6. The van der Waals surface area contributed by atoms with E-state index in [0.717, 1.165) is 11.1 Å². The van der Waals surface area contributed by atoms with Gasteiger partial charge in [0.2, 0.25) is 10.0 Å². The average Bonchev–Trinajstić information content (AvgIpc) is 2.29. The second-order valence-corrected chi connectivity index (χ2v) is 5.77. The zero-order valence-electron chi connectivity index (χ0n) is 10.9. The number of anilines is 1. The number of nitrogens with one attached hydrogen (secondary N) is 1. The Kier molecular flexibility index (Phi) is 4.76. The predicted octanol–water partition coefficient (Wildman–Crippen LogP) is 1.58. The molecule has 5 heteroatoms. The van der Waals surface area contributed by atoms with Gasteiger partial charge in [0.1, 0.15) is 0 Å². The van der Waals surface area contributed by atoms with Crippen LogP contribution in [0.15, 0.2) is 17.0 Å². The molecule has 0 aliphatic carbocycles. The van der Waals surface area contributed by atoms with E-state index in [1.54, 1.807) is 19.9 Å². The van der Waals surface area contributed by atoms with Crippen molar-refractivity contribution in [3.05, 3.63) is 23.3 Å². The molecule has 18 heavy (non-hydrogen) atoms. The first-order valence-corrected chi connectivity index (χ1v) is 7.13. The third-order valence-corrected chi connectivity index (χ3v) is 4.24. The van der Waals surface area contributed by atoms with Crippen molar-refractivity contribution in [3.63, 3.8) is 0 Å². The van der Waals surface area contributed by atoms with Crippen LogP contribution in [0.5, 0.6) is 0 Å². The van der Waals surface area contributed by atoms with Gasteiger partial charge in [0.05, 0.1) is 4.90 Å². The summed E-state index contributed by atoms with van der Waals surface area (Å²) in [5.41, 5.74) is 7.72. The Morgan fingerprint density at radius 3 is 2.61 bits per heavy atom. The quantitative estimate of drug-likeness (QED) is 0.494. The van der Waals surface area contributed by atoms with Crippen LogP contribution in [-0.4, -0.2) is 15.0 Å². The van der Waals surface area contributed by atoms with E-state index in [0.29, 0.717) is 18.7 Å². The van der Waals surface area contributed by atoms with E-state index < -0.39 is 10.0 Å². The summed E-state index contributed by atoms with van der Waals surface area (Å²) >= 11 is 0. The molecule has 0 aliphatic heterocycles. The minimum Gasteiger partial charge on any atom is -0.399 e. The molecule has 1 rings (SSSR count). The van der Waals surface area contributed by atoms with Crippen LogP contribution in [-0.2, 0) is 10.0 Å². The number of benzene rings is 1. The highest BCUT2D eigenvalue weighted by Crippen LogP contribution is 2.22. The van der Waals surface area contributed by atoms with Crippen molar-refractivity contribution >= 4 is 15.7 Å². The number of nitrogens with two attached hydrogens (primary N) is 1. The average molecular weight is 266 g/mol. The zero-order valence-corrected chi connectivity index (χ0v) is 11.7. The Hall–Kier alpha value is -1.51. The van der Waals surface area contributed by atoms with Crippen molar-refractivity contribution in [2.45, 2.75) is 32.1 Å². The molecule has 0 saturated heterocycles. The van der Waals surface area contributed by atoms with E-state index in [-0.39, 0.29) is 4.90 Å². The van der Waals surface area contributed by atoms with Gasteiger partial charge in [0.15, 0.2) is 0 Å². The minimum atomic E-state index is -3.51. The molecule has 0 unspecified atom stereocenters. The third-order valence-electron chi connectivity index (χ3n) is 2.65. The summed E-state index contributed by atoms with van der Waals surface area (Å²) in [6.07, 6.45) is 0.496. The van der Waals surface area contributed by atoms with Gasteiger partial charge in [0.25, 0.3) is 0 Å². The van der Waals surface area contributed by atoms with E-state index in [1.807, 2.05) is 6.92 Å². The van der Waals surface area contributed by atoms with Crippen LogP contribution in [0.2, 0.25) is 0 Å². The SMILES string of the molecule is CC#CCCNS(=O)(=O)c1cc(N)cc(C)c1C. The van der Waals surface area contributed by atoms with Gasteiger partial charge in [-0.2, -0.15) is 0 Å². The summed E-state index contributed by atoms with van der Waals surface area (Å²) in [4.78, 5) is 0.240. The fraction of sp³-hybridized carbons (Fsp3) is 0.385. The monoisotopic (exact) mass is 266 g/mol. The van der Waals surface area contributed by atoms with Gasteiger partial charge in [-0.1, -0.05) is 0 Å². The summed E-state index contributed by atoms with van der Waals surface area (Å²) in [7, 11) is -3.51. The maximum Gasteiger partial charge on any atom is 0.240 e. The Balaban J connectivity index is 3.00. The standard InChI is InChI=1S/C13H18N2O2S/c1-4-5-6-7-15-18(16,17)13-9-12(14)8-10(2)11(13)3/h8-9,15H,6-7,14H2,1-3H3. The van der Waals surface area contributed by atoms with Gasteiger partial charge < -0.3 is 5.73 Å². The molecule has 0 spiro atoms. The van der Waals surface area contributed by atoms with Crippen molar-refractivity contribution in [3.8, 4) is 11.8 Å². The normalized spacial score (nSPS) is 10.8. The van der Waals surface area contributed by atoms with Crippen molar-refractivity contribution in [2.24, 2.45) is 0 Å². The molecule has 0 radical (unpaired) electrons. The summed E-state index contributed by atoms with van der Waals surface area (Å²) in [6.45, 7) is 5.64. The predicted molar refractivity (Wildman–Crippen MR) is 73.6 cm³/mol. The number of sulfonamides is 1. The molecule has 3 N–H and O–H groups in total. The lowest BCUT2D eigenvalue weighted by Gasteiger charge is -2.11. The lowest BCUT2D eigenvalue weighted by molar-refractivity contribution is 0.581.